The average molecular weight is 301 g/mol. The highest BCUT2D eigenvalue weighted by atomic mass is 127. The summed E-state index contributed by atoms with van der Waals surface area (Å²) in [4.78, 5) is 0. The Morgan fingerprint density at radius 1 is 0.923 bits per heavy atom. The standard InChI is InChI=1S/C7F4IN/c8-3-2(1-13)4(9)6(11)7(12)5(3)10. The molecule has 0 amide bonds. The lowest BCUT2D eigenvalue weighted by Gasteiger charge is -2.01. The molecular formula is C7F4IN. The smallest absolute Gasteiger partial charge is 0.180 e. The Bertz CT molecular complexity index is 381. The average Bonchev–Trinajstić information content (AvgIpc) is 2.13. The summed E-state index contributed by atoms with van der Waals surface area (Å²) in [6.07, 6.45) is 0. The van der Waals surface area contributed by atoms with Gasteiger partial charge in [-0.3, -0.25) is 0 Å². The van der Waals surface area contributed by atoms with Gasteiger partial charge < -0.3 is 0 Å². The molecule has 0 saturated carbocycles. The Kier molecular flexibility index (Phi) is 2.75. The highest BCUT2D eigenvalue weighted by molar-refractivity contribution is 14.1. The van der Waals surface area contributed by atoms with Gasteiger partial charge in [-0.25, -0.2) is 17.6 Å². The van der Waals surface area contributed by atoms with Crippen molar-refractivity contribution in [2.24, 2.45) is 0 Å². The van der Waals surface area contributed by atoms with Crippen molar-refractivity contribution in [3.8, 4) is 6.07 Å². The quantitative estimate of drug-likeness (QED) is 0.313. The van der Waals surface area contributed by atoms with Crippen LogP contribution < -0.4 is 0 Å². The summed E-state index contributed by atoms with van der Waals surface area (Å²) in [6, 6.07) is 1.04. The van der Waals surface area contributed by atoms with E-state index in [9.17, 15) is 17.6 Å². The Morgan fingerprint density at radius 2 is 1.31 bits per heavy atom. The molecule has 0 saturated heterocycles. The van der Waals surface area contributed by atoms with Crippen molar-refractivity contribution >= 4 is 22.6 Å². The maximum atomic E-state index is 12.7. The van der Waals surface area contributed by atoms with E-state index in [1.54, 1.807) is 0 Å². The predicted octanol–water partition coefficient (Wildman–Crippen LogP) is 2.72. The number of nitriles is 1. The molecule has 0 radical (unpaired) electrons. The van der Waals surface area contributed by atoms with Crippen molar-refractivity contribution in [2.45, 2.75) is 0 Å². The summed E-state index contributed by atoms with van der Waals surface area (Å²) in [5.41, 5.74) is -1.24. The second kappa shape index (κ2) is 3.49. The summed E-state index contributed by atoms with van der Waals surface area (Å²) >= 11 is 1.11. The Hall–Kier alpha value is -0.840. The third-order valence-electron chi connectivity index (χ3n) is 1.32. The van der Waals surface area contributed by atoms with Crippen molar-refractivity contribution in [1.82, 2.24) is 0 Å². The summed E-state index contributed by atoms with van der Waals surface area (Å²) in [7, 11) is 0. The molecule has 0 atom stereocenters. The lowest BCUT2D eigenvalue weighted by Crippen LogP contribution is -2.03. The monoisotopic (exact) mass is 301 g/mol. The first-order chi connectivity index (χ1) is 6.00. The Labute approximate surface area is 84.1 Å². The van der Waals surface area contributed by atoms with Crippen LogP contribution in [0.5, 0.6) is 0 Å². The topological polar surface area (TPSA) is 23.8 Å². The van der Waals surface area contributed by atoms with Crippen molar-refractivity contribution in [2.75, 3.05) is 0 Å². The van der Waals surface area contributed by atoms with Crippen molar-refractivity contribution < 1.29 is 17.6 Å². The van der Waals surface area contributed by atoms with Gasteiger partial charge in [0.1, 0.15) is 11.6 Å². The third kappa shape index (κ3) is 1.48. The number of benzene rings is 1. The zero-order chi connectivity index (χ0) is 10.2. The van der Waals surface area contributed by atoms with Crippen LogP contribution in [0.4, 0.5) is 17.6 Å². The predicted molar refractivity (Wildman–Crippen MR) is 43.7 cm³/mol. The minimum Gasteiger partial charge on any atom is -0.202 e. The first-order valence-corrected chi connectivity index (χ1v) is 4.00. The van der Waals surface area contributed by atoms with Crippen molar-refractivity contribution in [3.63, 3.8) is 0 Å². The molecule has 0 aliphatic rings. The van der Waals surface area contributed by atoms with Gasteiger partial charge in [-0.15, -0.1) is 0 Å². The Balaban J connectivity index is 3.69. The van der Waals surface area contributed by atoms with Crippen LogP contribution in [-0.4, -0.2) is 0 Å². The molecule has 13 heavy (non-hydrogen) atoms. The molecule has 68 valence electrons. The maximum absolute atomic E-state index is 12.7. The molecule has 1 aromatic carbocycles. The molecule has 0 fully saturated rings. The van der Waals surface area contributed by atoms with Crippen LogP contribution in [0, 0.1) is 38.2 Å². The fraction of sp³-hybridized carbons (Fsp3) is 0. The number of hydrogen-bond donors (Lipinski definition) is 0. The van der Waals surface area contributed by atoms with E-state index in [0.29, 0.717) is 0 Å². The second-order valence-corrected chi connectivity index (χ2v) is 3.14. The van der Waals surface area contributed by atoms with E-state index in [4.69, 9.17) is 5.26 Å². The van der Waals surface area contributed by atoms with Gasteiger partial charge in [0.05, 0.1) is 3.57 Å². The van der Waals surface area contributed by atoms with E-state index in [-0.39, 0.29) is 0 Å². The number of hydrogen-bond acceptors (Lipinski definition) is 1. The van der Waals surface area contributed by atoms with Gasteiger partial charge in [-0.05, 0) is 22.6 Å². The largest absolute Gasteiger partial charge is 0.202 e. The van der Waals surface area contributed by atoms with E-state index in [1.807, 2.05) is 0 Å². The molecular weight excluding hydrogens is 301 g/mol. The number of halogens is 5. The van der Waals surface area contributed by atoms with E-state index in [0.717, 1.165) is 28.7 Å². The molecule has 0 spiro atoms. The first-order valence-electron chi connectivity index (χ1n) is 2.92. The van der Waals surface area contributed by atoms with Gasteiger partial charge in [0.15, 0.2) is 23.3 Å². The lowest BCUT2D eigenvalue weighted by molar-refractivity contribution is 0.442. The molecule has 0 N–H and O–H groups in total. The van der Waals surface area contributed by atoms with Crippen molar-refractivity contribution in [1.29, 1.82) is 5.26 Å². The van der Waals surface area contributed by atoms with Gasteiger partial charge in [0.25, 0.3) is 0 Å². The second-order valence-electron chi connectivity index (χ2n) is 2.06. The van der Waals surface area contributed by atoms with Gasteiger partial charge in [-0.1, -0.05) is 0 Å². The van der Waals surface area contributed by atoms with Crippen LogP contribution in [-0.2, 0) is 0 Å². The van der Waals surface area contributed by atoms with E-state index in [2.05, 4.69) is 0 Å². The molecule has 1 rings (SSSR count). The molecule has 0 unspecified atom stereocenters. The summed E-state index contributed by atoms with van der Waals surface area (Å²) in [6.45, 7) is 0. The zero-order valence-electron chi connectivity index (χ0n) is 5.84. The maximum Gasteiger partial charge on any atom is 0.180 e. The van der Waals surface area contributed by atoms with E-state index >= 15 is 0 Å². The molecule has 0 aliphatic carbocycles. The number of rotatable bonds is 0. The fourth-order valence-corrected chi connectivity index (χ4v) is 1.18. The molecule has 6 heteroatoms. The van der Waals surface area contributed by atoms with Crippen LogP contribution in [0.15, 0.2) is 0 Å². The molecule has 0 heterocycles. The highest BCUT2D eigenvalue weighted by Gasteiger charge is 2.23. The normalized spacial score (nSPS) is 9.85. The van der Waals surface area contributed by atoms with Gasteiger partial charge in [-0.2, -0.15) is 5.26 Å². The van der Waals surface area contributed by atoms with Gasteiger partial charge >= 0.3 is 0 Å². The summed E-state index contributed by atoms with van der Waals surface area (Å²) < 4.78 is 49.9. The van der Waals surface area contributed by atoms with Crippen LogP contribution in [0.1, 0.15) is 5.56 Å². The lowest BCUT2D eigenvalue weighted by atomic mass is 10.2. The highest BCUT2D eigenvalue weighted by Crippen LogP contribution is 2.24. The minimum atomic E-state index is -1.66. The molecule has 1 aromatic rings. The van der Waals surface area contributed by atoms with Crippen LogP contribution in [0.2, 0.25) is 0 Å². The SMILES string of the molecule is N#Cc1c(F)c(F)c(I)c(F)c1F. The molecule has 1 nitrogen and oxygen atoms in total. The molecule has 0 aromatic heterocycles. The van der Waals surface area contributed by atoms with Gasteiger partial charge in [0.2, 0.25) is 0 Å². The Morgan fingerprint density at radius 3 is 1.62 bits per heavy atom. The summed E-state index contributed by atoms with van der Waals surface area (Å²) in [5.74, 6) is -6.41. The van der Waals surface area contributed by atoms with E-state index in [1.165, 1.54) is 0 Å². The minimum absolute atomic E-state index is 0.799. The summed E-state index contributed by atoms with van der Waals surface area (Å²) in [5, 5.41) is 8.17. The van der Waals surface area contributed by atoms with Crippen LogP contribution in [0.25, 0.3) is 0 Å². The zero-order valence-corrected chi connectivity index (χ0v) is 7.99. The van der Waals surface area contributed by atoms with Crippen LogP contribution in [0.3, 0.4) is 0 Å². The van der Waals surface area contributed by atoms with Crippen molar-refractivity contribution in [3.05, 3.63) is 32.4 Å². The molecule has 0 bridgehead atoms. The molecule has 0 aliphatic heterocycles. The van der Waals surface area contributed by atoms with Gasteiger partial charge in [0, 0.05) is 0 Å². The third-order valence-corrected chi connectivity index (χ3v) is 2.27. The van der Waals surface area contributed by atoms with E-state index < -0.39 is 32.4 Å². The fourth-order valence-electron chi connectivity index (χ4n) is 0.703. The number of nitrogens with zero attached hydrogens (tertiary/aromatic N) is 1. The van der Waals surface area contributed by atoms with Crippen LogP contribution >= 0.6 is 22.6 Å². The first kappa shape index (κ1) is 10.2.